The Hall–Kier alpha value is -2.20. The third-order valence-electron chi connectivity index (χ3n) is 6.12. The topological polar surface area (TPSA) is 41.1 Å². The molecule has 0 spiro atoms. The summed E-state index contributed by atoms with van der Waals surface area (Å²) in [4.78, 5) is 11.7. The maximum atomic E-state index is 11.7. The molecule has 0 saturated carbocycles. The summed E-state index contributed by atoms with van der Waals surface area (Å²) >= 11 is 6.73. The van der Waals surface area contributed by atoms with Crippen molar-refractivity contribution in [2.24, 2.45) is 5.41 Å². The number of aryl methyl sites for hydroxylation is 1. The number of nitrogens with one attached hydrogen (secondary N) is 2. The molecule has 1 heterocycles. The Bertz CT molecular complexity index is 1050. The summed E-state index contributed by atoms with van der Waals surface area (Å²) in [6, 6.07) is 21.1. The van der Waals surface area contributed by atoms with Gasteiger partial charge in [0.25, 0.3) is 0 Å². The first-order valence-electron chi connectivity index (χ1n) is 10.7. The molecule has 4 rings (SSSR count). The third-order valence-corrected chi connectivity index (χ3v) is 6.48. The molecule has 0 aromatic heterocycles. The molecule has 156 valence electrons. The lowest BCUT2D eigenvalue weighted by Gasteiger charge is -2.37. The molecule has 1 aliphatic heterocycles. The van der Waals surface area contributed by atoms with Crippen LogP contribution in [0, 0.1) is 5.41 Å². The number of benzene rings is 3. The molecule has 0 unspecified atom stereocenters. The highest BCUT2D eigenvalue weighted by atomic mass is 35.5. The fourth-order valence-corrected chi connectivity index (χ4v) is 5.00. The van der Waals surface area contributed by atoms with E-state index in [0.717, 1.165) is 48.4 Å². The van der Waals surface area contributed by atoms with E-state index in [4.69, 9.17) is 11.6 Å². The van der Waals surface area contributed by atoms with Gasteiger partial charge in [-0.2, -0.15) is 0 Å². The number of rotatable bonds is 7. The first kappa shape index (κ1) is 21.0. The van der Waals surface area contributed by atoms with Crippen LogP contribution in [0.25, 0.3) is 10.8 Å². The molecule has 3 aromatic rings. The fraction of sp³-hybridized carbons (Fsp3) is 0.346. The molecule has 0 radical (unpaired) electrons. The van der Waals surface area contributed by atoms with Crippen LogP contribution in [0.1, 0.15) is 37.0 Å². The highest BCUT2D eigenvalue weighted by Crippen LogP contribution is 2.38. The van der Waals surface area contributed by atoms with Crippen LogP contribution in [-0.2, 0) is 23.3 Å². The summed E-state index contributed by atoms with van der Waals surface area (Å²) in [6.07, 6.45) is 3.47. The Labute approximate surface area is 183 Å². The summed E-state index contributed by atoms with van der Waals surface area (Å²) in [7, 11) is 0. The molecule has 3 nitrogen and oxygen atoms in total. The van der Waals surface area contributed by atoms with Crippen LogP contribution in [0.2, 0.25) is 5.02 Å². The maximum absolute atomic E-state index is 11.7. The molecular weight excluding hydrogens is 392 g/mol. The van der Waals surface area contributed by atoms with Crippen LogP contribution in [0.3, 0.4) is 0 Å². The van der Waals surface area contributed by atoms with Gasteiger partial charge in [-0.05, 0) is 52.8 Å². The molecule has 0 bridgehead atoms. The lowest BCUT2D eigenvalue weighted by molar-refractivity contribution is -0.116. The molecule has 1 fully saturated rings. The van der Waals surface area contributed by atoms with Gasteiger partial charge >= 0.3 is 0 Å². The molecular formula is C26H29ClN2O. The Kier molecular flexibility index (Phi) is 5.97. The van der Waals surface area contributed by atoms with Gasteiger partial charge in [-0.25, -0.2) is 0 Å². The van der Waals surface area contributed by atoms with Crippen molar-refractivity contribution in [3.05, 3.63) is 82.4 Å². The molecule has 1 aliphatic rings. The number of carbonyl (C=O) groups is 1. The fourth-order valence-electron chi connectivity index (χ4n) is 4.73. The maximum Gasteiger partial charge on any atom is 0.125 e. The van der Waals surface area contributed by atoms with E-state index < -0.39 is 11.1 Å². The van der Waals surface area contributed by atoms with Crippen molar-refractivity contribution in [3.63, 3.8) is 0 Å². The van der Waals surface area contributed by atoms with Gasteiger partial charge in [0.15, 0.2) is 0 Å². The van der Waals surface area contributed by atoms with Crippen LogP contribution in [-0.4, -0.2) is 19.4 Å². The van der Waals surface area contributed by atoms with Gasteiger partial charge in [-0.1, -0.05) is 80.0 Å². The zero-order chi connectivity index (χ0) is 21.2. The minimum atomic E-state index is -0.445. The SMILES string of the molecule is CC(C)(C=O)CC1(c2cccc(Cl)c2CCc2cccc3ccccc23)NCCN1. The van der Waals surface area contributed by atoms with E-state index in [9.17, 15) is 4.79 Å². The lowest BCUT2D eigenvalue weighted by Crippen LogP contribution is -2.50. The van der Waals surface area contributed by atoms with Crippen LogP contribution in [0.4, 0.5) is 0 Å². The standard InChI is InChI=1S/C26H29ClN2O/c1-25(2,18-30)17-26(28-15-16-29-26)23-11-6-12-24(27)22(23)14-13-20-9-5-8-19-7-3-4-10-21(19)20/h3-12,18,28-29H,13-17H2,1-2H3. The smallest absolute Gasteiger partial charge is 0.125 e. The normalized spacial score (nSPS) is 16.1. The van der Waals surface area contributed by atoms with E-state index >= 15 is 0 Å². The Morgan fingerprint density at radius 3 is 2.43 bits per heavy atom. The van der Waals surface area contributed by atoms with Crippen molar-refractivity contribution >= 4 is 28.7 Å². The zero-order valence-electron chi connectivity index (χ0n) is 17.7. The van der Waals surface area contributed by atoms with Gasteiger partial charge in [0.05, 0.1) is 5.66 Å². The second-order valence-electron chi connectivity index (χ2n) is 8.95. The van der Waals surface area contributed by atoms with E-state index in [1.54, 1.807) is 0 Å². The second-order valence-corrected chi connectivity index (χ2v) is 9.35. The van der Waals surface area contributed by atoms with Gasteiger partial charge in [0, 0.05) is 23.5 Å². The van der Waals surface area contributed by atoms with Crippen LogP contribution < -0.4 is 10.6 Å². The average Bonchev–Trinajstić information content (AvgIpc) is 3.21. The highest BCUT2D eigenvalue weighted by Gasteiger charge is 2.41. The molecule has 4 heteroatoms. The van der Waals surface area contributed by atoms with Crippen LogP contribution >= 0.6 is 11.6 Å². The quantitative estimate of drug-likeness (QED) is 0.513. The van der Waals surface area contributed by atoms with Crippen molar-refractivity contribution in [2.45, 2.75) is 38.8 Å². The number of hydrogen-bond acceptors (Lipinski definition) is 3. The number of halogens is 1. The predicted octanol–water partition coefficient (Wildman–Crippen LogP) is 5.24. The van der Waals surface area contributed by atoms with E-state index in [0.29, 0.717) is 6.42 Å². The highest BCUT2D eigenvalue weighted by molar-refractivity contribution is 6.31. The Morgan fingerprint density at radius 1 is 0.967 bits per heavy atom. The van der Waals surface area contributed by atoms with Gasteiger partial charge < -0.3 is 4.79 Å². The number of hydrogen-bond donors (Lipinski definition) is 2. The van der Waals surface area contributed by atoms with Crippen molar-refractivity contribution < 1.29 is 4.79 Å². The van der Waals surface area contributed by atoms with E-state index in [-0.39, 0.29) is 0 Å². The van der Waals surface area contributed by atoms with Crippen molar-refractivity contribution in [3.8, 4) is 0 Å². The van der Waals surface area contributed by atoms with Crippen molar-refractivity contribution in [2.75, 3.05) is 13.1 Å². The molecule has 0 atom stereocenters. The monoisotopic (exact) mass is 420 g/mol. The summed E-state index contributed by atoms with van der Waals surface area (Å²) in [5.41, 5.74) is 2.75. The van der Waals surface area contributed by atoms with Crippen LogP contribution in [0.5, 0.6) is 0 Å². The van der Waals surface area contributed by atoms with Crippen LogP contribution in [0.15, 0.2) is 60.7 Å². The number of fused-ring (bicyclic) bond motifs is 1. The number of aldehydes is 1. The van der Waals surface area contributed by atoms with E-state index in [1.807, 2.05) is 26.0 Å². The minimum Gasteiger partial charge on any atom is -0.303 e. The summed E-state index contributed by atoms with van der Waals surface area (Å²) in [6.45, 7) is 5.71. The van der Waals surface area contributed by atoms with E-state index in [1.165, 1.54) is 16.3 Å². The number of carbonyl (C=O) groups excluding carboxylic acids is 1. The zero-order valence-corrected chi connectivity index (χ0v) is 18.4. The molecule has 3 aromatic carbocycles. The Morgan fingerprint density at radius 2 is 1.67 bits per heavy atom. The summed E-state index contributed by atoms with van der Waals surface area (Å²) < 4.78 is 0. The van der Waals surface area contributed by atoms with Gasteiger partial charge in [0.2, 0.25) is 0 Å². The minimum absolute atomic E-state index is 0.441. The second kappa shape index (κ2) is 8.50. The largest absolute Gasteiger partial charge is 0.303 e. The van der Waals surface area contributed by atoms with Crippen molar-refractivity contribution in [1.29, 1.82) is 0 Å². The molecule has 1 saturated heterocycles. The first-order chi connectivity index (χ1) is 14.4. The molecule has 30 heavy (non-hydrogen) atoms. The molecule has 0 aliphatic carbocycles. The van der Waals surface area contributed by atoms with Gasteiger partial charge in [-0.15, -0.1) is 0 Å². The van der Waals surface area contributed by atoms with Gasteiger partial charge in [0.1, 0.15) is 6.29 Å². The average molecular weight is 421 g/mol. The summed E-state index contributed by atoms with van der Waals surface area (Å²) in [5, 5.41) is 10.6. The molecule has 0 amide bonds. The predicted molar refractivity (Wildman–Crippen MR) is 125 cm³/mol. The molecule has 2 N–H and O–H groups in total. The van der Waals surface area contributed by atoms with Crippen molar-refractivity contribution in [1.82, 2.24) is 10.6 Å². The van der Waals surface area contributed by atoms with Gasteiger partial charge in [-0.3, -0.25) is 10.6 Å². The lowest BCUT2D eigenvalue weighted by atomic mass is 9.79. The Balaban J connectivity index is 1.70. The summed E-state index contributed by atoms with van der Waals surface area (Å²) in [5.74, 6) is 0. The van der Waals surface area contributed by atoms with E-state index in [2.05, 4.69) is 59.2 Å². The third kappa shape index (κ3) is 4.15. The first-order valence-corrected chi connectivity index (χ1v) is 11.0.